The first-order valence-corrected chi connectivity index (χ1v) is 10.3. The van der Waals surface area contributed by atoms with Crippen LogP contribution in [0.25, 0.3) is 10.4 Å². The van der Waals surface area contributed by atoms with Gasteiger partial charge in [0.15, 0.2) is 0 Å². The third kappa shape index (κ3) is 3.87. The molecule has 0 N–H and O–H groups in total. The van der Waals surface area contributed by atoms with E-state index in [9.17, 15) is 4.79 Å². The van der Waals surface area contributed by atoms with Crippen LogP contribution < -0.4 is 9.64 Å². The van der Waals surface area contributed by atoms with Crippen molar-refractivity contribution in [3.8, 4) is 16.2 Å². The van der Waals surface area contributed by atoms with Crippen LogP contribution in [-0.2, 0) is 0 Å². The van der Waals surface area contributed by atoms with Crippen LogP contribution in [0.2, 0.25) is 0 Å². The second-order valence-corrected chi connectivity index (χ2v) is 7.62. The summed E-state index contributed by atoms with van der Waals surface area (Å²) in [5.74, 6) is 1.70. The van der Waals surface area contributed by atoms with Crippen LogP contribution in [0.5, 0.6) is 5.75 Å². The molecule has 1 aliphatic heterocycles. The Bertz CT molecular complexity index is 919. The molecule has 0 unspecified atom stereocenters. The van der Waals surface area contributed by atoms with Crippen molar-refractivity contribution in [2.24, 2.45) is 0 Å². The van der Waals surface area contributed by atoms with Crippen molar-refractivity contribution < 1.29 is 9.53 Å². The third-order valence-electron chi connectivity index (χ3n) is 4.79. The molecule has 4 rings (SSSR count). The van der Waals surface area contributed by atoms with E-state index in [0.29, 0.717) is 30.3 Å². The zero-order chi connectivity index (χ0) is 19.3. The fourth-order valence-electron chi connectivity index (χ4n) is 3.35. The van der Waals surface area contributed by atoms with Crippen molar-refractivity contribution in [3.63, 3.8) is 0 Å². The number of benzene rings is 1. The standard InChI is InChI=1S/C22H23N3O2S/c1-2-27-18-16-19(17-8-4-3-5-9-17)28-21(18)22(26)25-14-12-24(13-15-25)20-10-6-7-11-23-20/h3-11,16H,2,12-15H2,1H3. The van der Waals surface area contributed by atoms with Crippen LogP contribution in [0, 0.1) is 0 Å². The van der Waals surface area contributed by atoms with Gasteiger partial charge in [-0.15, -0.1) is 11.3 Å². The number of nitrogens with zero attached hydrogens (tertiary/aromatic N) is 3. The fourth-order valence-corrected chi connectivity index (χ4v) is 4.43. The molecule has 0 radical (unpaired) electrons. The van der Waals surface area contributed by atoms with Crippen LogP contribution in [0.15, 0.2) is 60.8 Å². The van der Waals surface area contributed by atoms with Gasteiger partial charge < -0.3 is 14.5 Å². The summed E-state index contributed by atoms with van der Waals surface area (Å²) in [5.41, 5.74) is 1.10. The van der Waals surface area contributed by atoms with E-state index >= 15 is 0 Å². The molecule has 5 nitrogen and oxygen atoms in total. The summed E-state index contributed by atoms with van der Waals surface area (Å²) in [5, 5.41) is 0. The number of hydrogen-bond donors (Lipinski definition) is 0. The molecular weight excluding hydrogens is 370 g/mol. The van der Waals surface area contributed by atoms with Crippen molar-refractivity contribution in [2.75, 3.05) is 37.7 Å². The van der Waals surface area contributed by atoms with Gasteiger partial charge in [0.2, 0.25) is 0 Å². The Hall–Kier alpha value is -2.86. The summed E-state index contributed by atoms with van der Waals surface area (Å²) in [6.07, 6.45) is 1.80. The Labute approximate surface area is 169 Å². The first kappa shape index (κ1) is 18.5. The minimum absolute atomic E-state index is 0.0521. The Morgan fingerprint density at radius 2 is 1.82 bits per heavy atom. The molecular formula is C22H23N3O2S. The van der Waals surface area contributed by atoms with Crippen LogP contribution in [0.3, 0.4) is 0 Å². The summed E-state index contributed by atoms with van der Waals surface area (Å²) in [6, 6.07) is 18.0. The molecule has 0 aliphatic carbocycles. The first-order chi connectivity index (χ1) is 13.8. The molecule has 28 heavy (non-hydrogen) atoms. The average molecular weight is 394 g/mol. The predicted octanol–water partition coefficient (Wildman–Crippen LogP) is 4.17. The highest BCUT2D eigenvalue weighted by atomic mass is 32.1. The number of ether oxygens (including phenoxy) is 1. The highest BCUT2D eigenvalue weighted by Crippen LogP contribution is 2.37. The molecule has 1 amide bonds. The molecule has 3 heterocycles. The summed E-state index contributed by atoms with van der Waals surface area (Å²) >= 11 is 1.51. The third-order valence-corrected chi connectivity index (χ3v) is 5.94. The van der Waals surface area contributed by atoms with Crippen molar-refractivity contribution in [2.45, 2.75) is 6.92 Å². The van der Waals surface area contributed by atoms with Crippen LogP contribution in [-0.4, -0.2) is 48.6 Å². The van der Waals surface area contributed by atoms with Gasteiger partial charge in [-0.1, -0.05) is 36.4 Å². The molecule has 1 aliphatic rings. The van der Waals surface area contributed by atoms with Crippen LogP contribution >= 0.6 is 11.3 Å². The average Bonchev–Trinajstić information content (AvgIpc) is 3.19. The molecule has 6 heteroatoms. The number of hydrogen-bond acceptors (Lipinski definition) is 5. The van der Waals surface area contributed by atoms with Gasteiger partial charge in [-0.2, -0.15) is 0 Å². The number of amides is 1. The van der Waals surface area contributed by atoms with Crippen LogP contribution in [0.4, 0.5) is 5.82 Å². The highest BCUT2D eigenvalue weighted by molar-refractivity contribution is 7.17. The molecule has 1 saturated heterocycles. The molecule has 0 spiro atoms. The number of carbonyl (C=O) groups is 1. The van der Waals surface area contributed by atoms with E-state index in [1.807, 2.05) is 54.3 Å². The lowest BCUT2D eigenvalue weighted by atomic mass is 10.2. The lowest BCUT2D eigenvalue weighted by Crippen LogP contribution is -2.48. The van der Waals surface area contributed by atoms with E-state index in [2.05, 4.69) is 22.0 Å². The topological polar surface area (TPSA) is 45.7 Å². The summed E-state index contributed by atoms with van der Waals surface area (Å²) < 4.78 is 5.78. The maximum absolute atomic E-state index is 13.2. The zero-order valence-corrected chi connectivity index (χ0v) is 16.7. The van der Waals surface area contributed by atoms with Crippen molar-refractivity contribution in [3.05, 3.63) is 65.7 Å². The van der Waals surface area contributed by atoms with Gasteiger partial charge in [0.1, 0.15) is 16.4 Å². The van der Waals surface area contributed by atoms with Crippen molar-refractivity contribution >= 4 is 23.1 Å². The van der Waals surface area contributed by atoms with E-state index in [-0.39, 0.29) is 5.91 Å². The quantitative estimate of drug-likeness (QED) is 0.653. The molecule has 0 atom stereocenters. The van der Waals surface area contributed by atoms with Crippen LogP contribution in [0.1, 0.15) is 16.6 Å². The van der Waals surface area contributed by atoms with Gasteiger partial charge in [-0.25, -0.2) is 4.98 Å². The zero-order valence-electron chi connectivity index (χ0n) is 15.9. The molecule has 144 valence electrons. The van der Waals surface area contributed by atoms with Gasteiger partial charge in [0, 0.05) is 37.3 Å². The molecule has 2 aromatic heterocycles. The molecule has 0 saturated carbocycles. The number of piperazine rings is 1. The summed E-state index contributed by atoms with van der Waals surface area (Å²) in [6.45, 7) is 5.41. The van der Waals surface area contributed by atoms with Gasteiger partial charge in [0.25, 0.3) is 5.91 Å². The van der Waals surface area contributed by atoms with Crippen molar-refractivity contribution in [1.29, 1.82) is 0 Å². The normalized spacial score (nSPS) is 14.2. The number of aromatic nitrogens is 1. The second kappa shape index (κ2) is 8.44. The Morgan fingerprint density at radius 3 is 2.50 bits per heavy atom. The number of rotatable bonds is 5. The first-order valence-electron chi connectivity index (χ1n) is 9.53. The predicted molar refractivity (Wildman–Crippen MR) is 113 cm³/mol. The Balaban J connectivity index is 1.51. The number of anilines is 1. The van der Waals surface area contributed by atoms with E-state index in [0.717, 1.165) is 29.3 Å². The largest absolute Gasteiger partial charge is 0.492 e. The fraction of sp³-hybridized carbons (Fsp3) is 0.273. The Kier molecular flexibility index (Phi) is 5.58. The van der Waals surface area contributed by atoms with E-state index in [4.69, 9.17) is 4.74 Å². The van der Waals surface area contributed by atoms with Gasteiger partial charge in [-0.3, -0.25) is 4.79 Å². The summed E-state index contributed by atoms with van der Waals surface area (Å²) in [4.78, 5) is 23.5. The van der Waals surface area contributed by atoms with Crippen molar-refractivity contribution in [1.82, 2.24) is 9.88 Å². The molecule has 3 aromatic rings. The molecule has 1 aromatic carbocycles. The van der Waals surface area contributed by atoms with Gasteiger partial charge in [0.05, 0.1) is 6.61 Å². The summed E-state index contributed by atoms with van der Waals surface area (Å²) in [7, 11) is 0. The van der Waals surface area contributed by atoms with E-state index in [1.54, 1.807) is 6.20 Å². The van der Waals surface area contributed by atoms with E-state index < -0.39 is 0 Å². The maximum Gasteiger partial charge on any atom is 0.267 e. The van der Waals surface area contributed by atoms with Gasteiger partial charge in [-0.05, 0) is 30.7 Å². The molecule has 0 bridgehead atoms. The van der Waals surface area contributed by atoms with Gasteiger partial charge >= 0.3 is 0 Å². The lowest BCUT2D eigenvalue weighted by molar-refractivity contribution is 0.0747. The highest BCUT2D eigenvalue weighted by Gasteiger charge is 2.27. The number of carbonyl (C=O) groups excluding carboxylic acids is 1. The minimum atomic E-state index is 0.0521. The monoisotopic (exact) mass is 393 g/mol. The smallest absolute Gasteiger partial charge is 0.267 e. The minimum Gasteiger partial charge on any atom is -0.492 e. The molecule has 1 fully saturated rings. The number of pyridine rings is 1. The Morgan fingerprint density at radius 1 is 1.07 bits per heavy atom. The second-order valence-electron chi connectivity index (χ2n) is 6.57. The lowest BCUT2D eigenvalue weighted by Gasteiger charge is -2.35. The maximum atomic E-state index is 13.2. The SMILES string of the molecule is CCOc1cc(-c2ccccc2)sc1C(=O)N1CCN(c2ccccn2)CC1. The number of thiophene rings is 1. The van der Waals surface area contributed by atoms with E-state index in [1.165, 1.54) is 11.3 Å².